The molecule has 0 aliphatic heterocycles. The minimum atomic E-state index is -2.20. The highest BCUT2D eigenvalue weighted by atomic mass is 16.5. The van der Waals surface area contributed by atoms with Crippen molar-refractivity contribution in [2.45, 2.75) is 38.7 Å². The third-order valence-corrected chi connectivity index (χ3v) is 5.99. The molecule has 1 heterocycles. The van der Waals surface area contributed by atoms with Crippen molar-refractivity contribution in [1.82, 2.24) is 10.4 Å². The Morgan fingerprint density at radius 2 is 1.66 bits per heavy atom. The number of unbranched alkanes of at least 4 members (excludes halogenated alkanes) is 2. The van der Waals surface area contributed by atoms with E-state index in [0.29, 0.717) is 37.2 Å². The number of benzene rings is 3. The molecule has 0 atom stereocenters. The monoisotopic (exact) mass is 514 g/mol. The Bertz CT molecular complexity index is 1380. The van der Waals surface area contributed by atoms with Gasteiger partial charge in [0.2, 0.25) is 5.91 Å². The van der Waals surface area contributed by atoms with E-state index in [4.69, 9.17) is 14.4 Å². The molecule has 0 bridgehead atoms. The predicted octanol–water partition coefficient (Wildman–Crippen LogP) is 6.23. The fraction of sp³-hybridized carbons (Fsp3) is 0.226. The van der Waals surface area contributed by atoms with E-state index in [-0.39, 0.29) is 18.5 Å². The SMILES string of the molecule is [2H]C([2H])(c1ccccc1OCCCCCC(=O)NO)N(Cc1ccccc1)C(=O)c1ccc(-c2ccoc2)cc1. The molecular weight excluding hydrogens is 480 g/mol. The number of rotatable bonds is 13. The molecule has 0 spiro atoms. The Hall–Kier alpha value is -4.36. The largest absolute Gasteiger partial charge is 0.493 e. The van der Waals surface area contributed by atoms with Gasteiger partial charge in [-0.2, -0.15) is 0 Å². The number of carbonyl (C=O) groups is 2. The Kier molecular flexibility index (Phi) is 8.72. The summed E-state index contributed by atoms with van der Waals surface area (Å²) in [6.07, 6.45) is 5.37. The van der Waals surface area contributed by atoms with Gasteiger partial charge in [0.25, 0.3) is 5.91 Å². The van der Waals surface area contributed by atoms with Gasteiger partial charge in [0, 0.05) is 36.2 Å². The van der Waals surface area contributed by atoms with Gasteiger partial charge < -0.3 is 14.1 Å². The number of nitrogens with zero attached hydrogens (tertiary/aromatic N) is 1. The number of hydroxylamine groups is 1. The summed E-state index contributed by atoms with van der Waals surface area (Å²) < 4.78 is 29.5. The summed E-state index contributed by atoms with van der Waals surface area (Å²) in [5, 5.41) is 8.60. The Balaban J connectivity index is 1.56. The first-order valence-corrected chi connectivity index (χ1v) is 12.5. The van der Waals surface area contributed by atoms with Crippen LogP contribution in [0.5, 0.6) is 5.75 Å². The fourth-order valence-electron chi connectivity index (χ4n) is 3.95. The first-order chi connectivity index (χ1) is 19.4. The van der Waals surface area contributed by atoms with Crippen molar-refractivity contribution in [2.24, 2.45) is 0 Å². The lowest BCUT2D eigenvalue weighted by Gasteiger charge is -2.24. The Morgan fingerprint density at radius 3 is 2.39 bits per heavy atom. The van der Waals surface area contributed by atoms with Crippen molar-refractivity contribution in [1.29, 1.82) is 0 Å². The van der Waals surface area contributed by atoms with E-state index in [2.05, 4.69) is 0 Å². The molecule has 0 fully saturated rings. The van der Waals surface area contributed by atoms with Crippen LogP contribution in [0.4, 0.5) is 0 Å². The summed E-state index contributed by atoms with van der Waals surface area (Å²) in [7, 11) is 0. The van der Waals surface area contributed by atoms with Crippen LogP contribution in [0.25, 0.3) is 11.1 Å². The van der Waals surface area contributed by atoms with Crippen molar-refractivity contribution in [3.63, 3.8) is 0 Å². The number of amides is 2. The average Bonchev–Trinajstić information content (AvgIpc) is 3.53. The van der Waals surface area contributed by atoms with E-state index >= 15 is 0 Å². The lowest BCUT2D eigenvalue weighted by molar-refractivity contribution is -0.129. The second-order valence-electron chi connectivity index (χ2n) is 8.77. The molecule has 196 valence electrons. The third-order valence-electron chi connectivity index (χ3n) is 5.99. The highest BCUT2D eigenvalue weighted by molar-refractivity contribution is 5.94. The molecule has 1 aromatic heterocycles. The molecule has 7 heteroatoms. The van der Waals surface area contributed by atoms with Crippen molar-refractivity contribution in [3.05, 3.63) is 114 Å². The van der Waals surface area contributed by atoms with E-state index in [1.165, 1.54) is 4.90 Å². The number of hydrogen-bond acceptors (Lipinski definition) is 5. The van der Waals surface area contributed by atoms with Gasteiger partial charge in [-0.3, -0.25) is 14.8 Å². The zero-order chi connectivity index (χ0) is 28.4. The average molecular weight is 515 g/mol. The maximum absolute atomic E-state index is 13.9. The lowest BCUT2D eigenvalue weighted by atomic mass is 10.1. The molecule has 0 saturated carbocycles. The summed E-state index contributed by atoms with van der Waals surface area (Å²) in [6.45, 7) is -1.83. The smallest absolute Gasteiger partial charge is 0.254 e. The maximum Gasteiger partial charge on any atom is 0.254 e. The predicted molar refractivity (Wildman–Crippen MR) is 144 cm³/mol. The van der Waals surface area contributed by atoms with Crippen LogP contribution in [0.2, 0.25) is 0 Å². The number of nitrogens with one attached hydrogen (secondary N) is 1. The van der Waals surface area contributed by atoms with Gasteiger partial charge in [-0.15, -0.1) is 0 Å². The van der Waals surface area contributed by atoms with Gasteiger partial charge in [-0.1, -0.05) is 60.7 Å². The second kappa shape index (κ2) is 13.8. The van der Waals surface area contributed by atoms with Crippen LogP contribution >= 0.6 is 0 Å². The van der Waals surface area contributed by atoms with Crippen molar-refractivity contribution >= 4 is 11.8 Å². The molecule has 38 heavy (non-hydrogen) atoms. The first-order valence-electron chi connectivity index (χ1n) is 13.5. The molecular formula is C31H32N2O5. The lowest BCUT2D eigenvalue weighted by Crippen LogP contribution is -2.30. The molecule has 7 nitrogen and oxygen atoms in total. The van der Waals surface area contributed by atoms with Gasteiger partial charge in [-0.05, 0) is 54.7 Å². The highest BCUT2D eigenvalue weighted by Gasteiger charge is 2.19. The van der Waals surface area contributed by atoms with Gasteiger partial charge in [0.1, 0.15) is 5.75 Å². The van der Waals surface area contributed by atoms with Crippen LogP contribution in [0.3, 0.4) is 0 Å². The Labute approximate surface area is 225 Å². The number of hydrogen-bond donors (Lipinski definition) is 2. The molecule has 2 N–H and O–H groups in total. The van der Waals surface area contributed by atoms with Crippen molar-refractivity contribution in [2.75, 3.05) is 6.61 Å². The van der Waals surface area contributed by atoms with Crippen LogP contribution in [0.15, 0.2) is 102 Å². The summed E-state index contributed by atoms with van der Waals surface area (Å²) in [5.41, 5.74) is 4.79. The van der Waals surface area contributed by atoms with E-state index in [1.807, 2.05) is 48.5 Å². The minimum Gasteiger partial charge on any atom is -0.493 e. The molecule has 0 unspecified atom stereocenters. The molecule has 0 radical (unpaired) electrons. The summed E-state index contributed by atoms with van der Waals surface area (Å²) in [5.74, 6) is -0.537. The normalized spacial score (nSPS) is 11.8. The zero-order valence-electron chi connectivity index (χ0n) is 23.0. The van der Waals surface area contributed by atoms with E-state index < -0.39 is 18.3 Å². The number of ether oxygens (including phenoxy) is 1. The minimum absolute atomic E-state index is 0.0530. The maximum atomic E-state index is 13.9. The van der Waals surface area contributed by atoms with Gasteiger partial charge in [0.15, 0.2) is 0 Å². The van der Waals surface area contributed by atoms with E-state index in [0.717, 1.165) is 16.7 Å². The summed E-state index contributed by atoms with van der Waals surface area (Å²) in [4.78, 5) is 26.3. The van der Waals surface area contributed by atoms with Crippen LogP contribution in [-0.4, -0.2) is 28.5 Å². The first kappa shape index (κ1) is 24.0. The fourth-order valence-corrected chi connectivity index (χ4v) is 3.95. The third kappa shape index (κ3) is 7.57. The molecule has 3 aromatic carbocycles. The molecule has 0 aliphatic carbocycles. The zero-order valence-corrected chi connectivity index (χ0v) is 21.0. The van der Waals surface area contributed by atoms with Crippen molar-refractivity contribution in [3.8, 4) is 16.9 Å². The van der Waals surface area contributed by atoms with Crippen LogP contribution in [-0.2, 0) is 17.8 Å². The number of furan rings is 1. The van der Waals surface area contributed by atoms with Crippen molar-refractivity contribution < 1.29 is 26.7 Å². The summed E-state index contributed by atoms with van der Waals surface area (Å²) in [6, 6.07) is 25.0. The quantitative estimate of drug-likeness (QED) is 0.125. The standard InChI is InChI=1S/C31H32N2O5/c34-30(32-36)13-5-2-8-19-38-29-12-7-6-11-27(29)22-33(21-24-9-3-1-4-10-24)31(35)26-16-14-25(15-17-26)28-18-20-37-23-28/h1,3-4,6-7,9-12,14-18,20,23,36H,2,5,8,13,19,21-22H2,(H,32,34)/i22D2. The topological polar surface area (TPSA) is 92.0 Å². The van der Waals surface area contributed by atoms with Crippen LogP contribution < -0.4 is 10.2 Å². The van der Waals surface area contributed by atoms with Gasteiger partial charge in [-0.25, -0.2) is 5.48 Å². The molecule has 4 rings (SSSR count). The van der Waals surface area contributed by atoms with E-state index in [1.54, 1.807) is 54.4 Å². The second-order valence-corrected chi connectivity index (χ2v) is 8.77. The number of para-hydroxylation sites is 1. The summed E-state index contributed by atoms with van der Waals surface area (Å²) >= 11 is 0. The molecule has 2 amide bonds. The molecule has 0 saturated heterocycles. The van der Waals surface area contributed by atoms with Crippen LogP contribution in [0, 0.1) is 0 Å². The molecule has 4 aromatic rings. The molecule has 0 aliphatic rings. The van der Waals surface area contributed by atoms with E-state index in [9.17, 15) is 12.3 Å². The van der Waals surface area contributed by atoms with Gasteiger partial charge >= 0.3 is 0 Å². The van der Waals surface area contributed by atoms with Crippen LogP contribution in [0.1, 0.15) is 49.9 Å². The van der Waals surface area contributed by atoms with Gasteiger partial charge in [0.05, 0.1) is 21.9 Å². The number of carbonyl (C=O) groups excluding carboxylic acids is 2. The highest BCUT2D eigenvalue weighted by Crippen LogP contribution is 2.24. The Morgan fingerprint density at radius 1 is 0.895 bits per heavy atom.